The molecule has 30 heavy (non-hydrogen) atoms. The van der Waals surface area contributed by atoms with Crippen molar-refractivity contribution in [1.29, 1.82) is 0 Å². The summed E-state index contributed by atoms with van der Waals surface area (Å²) in [6.45, 7) is 4.11. The lowest BCUT2D eigenvalue weighted by molar-refractivity contribution is 0.102. The van der Waals surface area contributed by atoms with Crippen LogP contribution >= 0.6 is 11.3 Å². The van der Waals surface area contributed by atoms with Gasteiger partial charge in [-0.15, -0.1) is 10.2 Å². The minimum absolute atomic E-state index is 0.348. The number of anilines is 1. The van der Waals surface area contributed by atoms with Crippen LogP contribution in [0.25, 0.3) is 10.6 Å². The van der Waals surface area contributed by atoms with Gasteiger partial charge in [0, 0.05) is 11.1 Å². The van der Waals surface area contributed by atoms with E-state index in [0.717, 1.165) is 17.1 Å². The average molecular weight is 419 g/mol. The quantitative estimate of drug-likeness (QED) is 0.431. The maximum Gasteiger partial charge on any atom is 0.257 e. The fourth-order valence-electron chi connectivity index (χ4n) is 2.74. The first-order valence-corrected chi connectivity index (χ1v) is 10.1. The molecule has 0 saturated heterocycles. The molecule has 1 N–H and O–H groups in total. The van der Waals surface area contributed by atoms with Crippen LogP contribution in [-0.4, -0.2) is 16.1 Å². The molecule has 3 aromatic carbocycles. The summed E-state index contributed by atoms with van der Waals surface area (Å²) in [6.07, 6.45) is 0. The van der Waals surface area contributed by atoms with Gasteiger partial charge in [0.05, 0.1) is 0 Å². The summed E-state index contributed by atoms with van der Waals surface area (Å²) >= 11 is 1.26. The van der Waals surface area contributed by atoms with Gasteiger partial charge >= 0.3 is 0 Å². The van der Waals surface area contributed by atoms with Crippen LogP contribution in [-0.2, 0) is 0 Å². The molecule has 7 heteroatoms. The second-order valence-corrected chi connectivity index (χ2v) is 7.72. The van der Waals surface area contributed by atoms with Gasteiger partial charge in [0.2, 0.25) is 5.13 Å². The van der Waals surface area contributed by atoms with Gasteiger partial charge in [-0.1, -0.05) is 17.4 Å². The molecule has 0 fully saturated rings. The van der Waals surface area contributed by atoms with Crippen molar-refractivity contribution in [2.45, 2.75) is 13.8 Å². The number of ether oxygens (including phenoxy) is 1. The van der Waals surface area contributed by atoms with Gasteiger partial charge in [0.25, 0.3) is 5.91 Å². The molecular weight excluding hydrogens is 401 g/mol. The number of hydrogen-bond acceptors (Lipinski definition) is 5. The molecule has 1 heterocycles. The number of hydrogen-bond donors (Lipinski definition) is 1. The molecule has 150 valence electrons. The zero-order valence-corrected chi connectivity index (χ0v) is 17.2. The Morgan fingerprint density at radius 3 is 2.30 bits per heavy atom. The Balaban J connectivity index is 1.43. The molecule has 1 amide bonds. The van der Waals surface area contributed by atoms with E-state index in [1.165, 1.54) is 46.7 Å². The fourth-order valence-corrected chi connectivity index (χ4v) is 3.48. The van der Waals surface area contributed by atoms with Crippen LogP contribution in [0.5, 0.6) is 11.5 Å². The maximum atomic E-state index is 13.0. The first-order chi connectivity index (χ1) is 14.5. The molecule has 0 radical (unpaired) electrons. The van der Waals surface area contributed by atoms with Crippen LogP contribution in [0.1, 0.15) is 21.5 Å². The normalized spacial score (nSPS) is 10.6. The molecular formula is C23H18FN3O2S. The van der Waals surface area contributed by atoms with Crippen molar-refractivity contribution in [3.63, 3.8) is 0 Å². The van der Waals surface area contributed by atoms with E-state index in [1.807, 2.05) is 49.4 Å². The van der Waals surface area contributed by atoms with Crippen LogP contribution in [0, 0.1) is 19.7 Å². The molecule has 5 nitrogen and oxygen atoms in total. The van der Waals surface area contributed by atoms with Crippen LogP contribution in [0.2, 0.25) is 0 Å². The standard InChI is InChI=1S/C23H18FN3O2S/c1-14-3-10-20(13-15(14)2)29-19-11-6-17(7-12-19)22-26-27-23(30-22)25-21(28)16-4-8-18(24)9-5-16/h3-13H,1-2H3,(H,25,27,28). The Bertz CT molecular complexity index is 1190. The first kappa shape index (κ1) is 19.7. The topological polar surface area (TPSA) is 64.1 Å². The number of halogens is 1. The first-order valence-electron chi connectivity index (χ1n) is 9.24. The summed E-state index contributed by atoms with van der Waals surface area (Å²) in [5.74, 6) is 0.744. The number of carbonyl (C=O) groups is 1. The maximum absolute atomic E-state index is 13.0. The number of nitrogens with zero attached hydrogens (tertiary/aromatic N) is 2. The predicted octanol–water partition coefficient (Wildman–Crippen LogP) is 6.01. The molecule has 0 aliphatic heterocycles. The molecule has 4 aromatic rings. The van der Waals surface area contributed by atoms with Crippen molar-refractivity contribution >= 4 is 22.4 Å². The summed E-state index contributed by atoms with van der Waals surface area (Å²) < 4.78 is 18.9. The highest BCUT2D eigenvalue weighted by Crippen LogP contribution is 2.30. The van der Waals surface area contributed by atoms with Crippen molar-refractivity contribution in [3.8, 4) is 22.1 Å². The largest absolute Gasteiger partial charge is 0.457 e. The lowest BCUT2D eigenvalue weighted by Gasteiger charge is -2.08. The van der Waals surface area contributed by atoms with Crippen LogP contribution < -0.4 is 10.1 Å². The SMILES string of the molecule is Cc1ccc(Oc2ccc(-c3nnc(NC(=O)c4ccc(F)cc4)s3)cc2)cc1C. The van der Waals surface area contributed by atoms with Crippen LogP contribution in [0.3, 0.4) is 0 Å². The van der Waals surface area contributed by atoms with E-state index in [4.69, 9.17) is 4.74 Å². The molecule has 0 aliphatic carbocycles. The molecule has 0 atom stereocenters. The third-order valence-electron chi connectivity index (χ3n) is 4.57. The number of nitrogens with one attached hydrogen (secondary N) is 1. The van der Waals surface area contributed by atoms with Gasteiger partial charge in [-0.3, -0.25) is 10.1 Å². The van der Waals surface area contributed by atoms with Crippen molar-refractivity contribution < 1.29 is 13.9 Å². The summed E-state index contributed by atoms with van der Waals surface area (Å²) in [5.41, 5.74) is 3.60. The summed E-state index contributed by atoms with van der Waals surface area (Å²) in [5, 5.41) is 11.9. The van der Waals surface area contributed by atoms with Gasteiger partial charge < -0.3 is 4.74 Å². The van der Waals surface area contributed by atoms with Crippen LogP contribution in [0.15, 0.2) is 66.7 Å². The third-order valence-corrected chi connectivity index (χ3v) is 5.45. The number of rotatable bonds is 5. The highest BCUT2D eigenvalue weighted by atomic mass is 32.1. The monoisotopic (exact) mass is 419 g/mol. The molecule has 1 aromatic heterocycles. The molecule has 0 saturated carbocycles. The minimum atomic E-state index is -0.394. The van der Waals surface area contributed by atoms with Gasteiger partial charge in [0.15, 0.2) is 0 Å². The number of benzene rings is 3. The highest BCUT2D eigenvalue weighted by Gasteiger charge is 2.12. The summed E-state index contributed by atoms with van der Waals surface area (Å²) in [7, 11) is 0. The molecule has 4 rings (SSSR count). The Kier molecular flexibility index (Phi) is 5.54. The van der Waals surface area contributed by atoms with E-state index in [2.05, 4.69) is 22.4 Å². The molecule has 0 bridgehead atoms. The van der Waals surface area contributed by atoms with Gasteiger partial charge in [0.1, 0.15) is 22.3 Å². The summed E-state index contributed by atoms with van der Waals surface area (Å²) in [4.78, 5) is 12.2. The van der Waals surface area contributed by atoms with E-state index in [1.54, 1.807) is 0 Å². The Morgan fingerprint density at radius 1 is 0.900 bits per heavy atom. The predicted molar refractivity (Wildman–Crippen MR) is 116 cm³/mol. The second kappa shape index (κ2) is 8.42. The van der Waals surface area contributed by atoms with Crippen LogP contribution in [0.4, 0.5) is 9.52 Å². The minimum Gasteiger partial charge on any atom is -0.457 e. The van der Waals surface area contributed by atoms with E-state index < -0.39 is 5.82 Å². The van der Waals surface area contributed by atoms with Gasteiger partial charge in [-0.05, 0) is 85.6 Å². The Labute approximate surface area is 177 Å². The molecule has 0 spiro atoms. The van der Waals surface area contributed by atoms with Crippen molar-refractivity contribution in [3.05, 3.63) is 89.2 Å². The molecule has 0 unspecified atom stereocenters. The average Bonchev–Trinajstić information content (AvgIpc) is 3.20. The Morgan fingerprint density at radius 2 is 1.60 bits per heavy atom. The lowest BCUT2D eigenvalue weighted by atomic mass is 10.1. The number of aromatic nitrogens is 2. The highest BCUT2D eigenvalue weighted by molar-refractivity contribution is 7.18. The van der Waals surface area contributed by atoms with E-state index in [0.29, 0.717) is 15.7 Å². The van der Waals surface area contributed by atoms with Crippen molar-refractivity contribution in [2.24, 2.45) is 0 Å². The second-order valence-electron chi connectivity index (χ2n) is 6.75. The Hall–Kier alpha value is -3.58. The smallest absolute Gasteiger partial charge is 0.257 e. The number of amides is 1. The number of carbonyl (C=O) groups excluding carboxylic acids is 1. The lowest BCUT2D eigenvalue weighted by Crippen LogP contribution is -2.11. The van der Waals surface area contributed by atoms with Gasteiger partial charge in [-0.25, -0.2) is 4.39 Å². The van der Waals surface area contributed by atoms with E-state index in [-0.39, 0.29) is 5.91 Å². The summed E-state index contributed by atoms with van der Waals surface area (Å²) in [6, 6.07) is 18.8. The van der Waals surface area contributed by atoms with E-state index >= 15 is 0 Å². The fraction of sp³-hybridized carbons (Fsp3) is 0.0870. The van der Waals surface area contributed by atoms with Crippen molar-refractivity contribution in [2.75, 3.05) is 5.32 Å². The van der Waals surface area contributed by atoms with E-state index in [9.17, 15) is 9.18 Å². The zero-order chi connectivity index (χ0) is 21.1. The number of aryl methyl sites for hydroxylation is 2. The molecule has 0 aliphatic rings. The zero-order valence-electron chi connectivity index (χ0n) is 16.3. The third kappa shape index (κ3) is 4.52. The van der Waals surface area contributed by atoms with Crippen molar-refractivity contribution in [1.82, 2.24) is 10.2 Å². The van der Waals surface area contributed by atoms with Gasteiger partial charge in [-0.2, -0.15) is 0 Å².